The van der Waals surface area contributed by atoms with Gasteiger partial charge in [0, 0.05) is 10.9 Å². The van der Waals surface area contributed by atoms with Crippen LogP contribution in [0.4, 0.5) is 0 Å². The van der Waals surface area contributed by atoms with Crippen molar-refractivity contribution < 1.29 is 111 Å². The van der Waals surface area contributed by atoms with E-state index in [0.717, 1.165) is 0 Å². The predicted molar refractivity (Wildman–Crippen MR) is 173 cm³/mol. The molecule has 0 aromatic rings. The van der Waals surface area contributed by atoms with Crippen LogP contribution in [0.2, 0.25) is 15.5 Å². The molecule has 0 aromatic heterocycles. The molecule has 0 bridgehead atoms. The van der Waals surface area contributed by atoms with E-state index in [2.05, 4.69) is 8.37 Å². The third-order valence-electron chi connectivity index (χ3n) is 8.19. The van der Waals surface area contributed by atoms with Gasteiger partial charge in [0.25, 0.3) is 0 Å². The number of rotatable bonds is 20. The molecule has 27 heteroatoms. The quantitative estimate of drug-likeness (QED) is 0.0233. The Labute approximate surface area is 306 Å². The van der Waals surface area contributed by atoms with Crippen LogP contribution in [0.1, 0.15) is 13.3 Å². The van der Waals surface area contributed by atoms with Gasteiger partial charge in [-0.1, -0.05) is 6.92 Å². The summed E-state index contributed by atoms with van der Waals surface area (Å²) in [6, 6.07) is 0. The van der Waals surface area contributed by atoms with E-state index in [1.165, 1.54) is 6.92 Å². The van der Waals surface area contributed by atoms with E-state index in [9.17, 15) is 87.2 Å². The third-order valence-corrected chi connectivity index (χ3v) is 18.1. The average Bonchev–Trinajstić information content (AvgIpc) is 3.50. The summed E-state index contributed by atoms with van der Waals surface area (Å²) < 4.78 is 73.5. The first-order chi connectivity index (χ1) is 23.8. The third kappa shape index (κ3) is 14.8. The second-order valence-corrected chi connectivity index (χ2v) is 21.2. The van der Waals surface area contributed by atoms with Gasteiger partial charge in [-0.05, 0) is 6.42 Å². The molecule has 15 N–H and O–H groups in total. The van der Waals surface area contributed by atoms with E-state index in [0.29, 0.717) is 0 Å². The molecule has 2 aliphatic rings. The Kier molecular flexibility index (Phi) is 21.2. The number of hydrogen-bond acceptors (Lipinski definition) is 23. The van der Waals surface area contributed by atoms with Gasteiger partial charge in [0.1, 0.15) is 48.1 Å². The van der Waals surface area contributed by atoms with Gasteiger partial charge in [-0.15, -0.1) is 0 Å². The zero-order valence-corrected chi connectivity index (χ0v) is 31.7. The van der Waals surface area contributed by atoms with Crippen LogP contribution in [-0.4, -0.2) is 238 Å². The summed E-state index contributed by atoms with van der Waals surface area (Å²) in [6.45, 7) is -0.955. The molecule has 2 fully saturated rings. The van der Waals surface area contributed by atoms with Crippen LogP contribution < -0.4 is 0 Å². The summed E-state index contributed by atoms with van der Waals surface area (Å²) in [5.41, 5.74) is 0. The van der Waals surface area contributed by atoms with Crippen molar-refractivity contribution in [2.45, 2.75) is 120 Å². The molecular weight excluding hydrogens is 843 g/mol. The standard InChI is InChI=1S/C13H26O11S2.C12H24O12SSe/c1-2-6(15)10(19)12(24-26(21,22)23)9(18)5-25-4-8(17)11(20)13(25)7(16)3-14;13-1-5(15)9(19)11(24-25(21,22)23)8(18)4-26-3-7(17)10(20)12(26)6(16)2-14/h6-20H,2-5H2,1H3;5-20H,1-4H2/t6-,7+,8-,9+,10-,11-,12-,13+,25?;5-,6+,7-,8+,9-,10-,11-,12+,26?/m11/s1. The van der Waals surface area contributed by atoms with Crippen LogP contribution >= 0.6 is 0 Å². The van der Waals surface area contributed by atoms with Crippen molar-refractivity contribution in [3.05, 3.63) is 0 Å². The maximum absolute atomic E-state index is 10.9. The molecule has 0 spiro atoms. The SMILES string of the molecule is CC[C@@H](O)[C@@H](O)[C@H](OS(=O)(=O)[O-])[C@@H](O)C[S+]1C[C@@H](O)[C@@H](O)[C@@H]1[C@@H](O)CO.O=S(=O)([O-])O[C@@H]([C@H](O)[C@H](O)CO)[C@@H](O)C[Se+]1C[C@@H](O)[C@@H](O)[C@@H]1[C@@H](O)CO. The molecule has 2 heterocycles. The van der Waals surface area contributed by atoms with Crippen molar-refractivity contribution in [3.8, 4) is 0 Å². The fourth-order valence-electron chi connectivity index (χ4n) is 5.54. The molecule has 2 rings (SSSR count). The van der Waals surface area contributed by atoms with Crippen molar-refractivity contribution in [2.24, 2.45) is 0 Å². The van der Waals surface area contributed by atoms with E-state index < -0.39 is 161 Å². The second-order valence-electron chi connectivity index (χ2n) is 12.1. The molecule has 0 aliphatic carbocycles. The molecule has 52 heavy (non-hydrogen) atoms. The van der Waals surface area contributed by atoms with Crippen LogP contribution in [0, 0.1) is 0 Å². The summed E-state index contributed by atoms with van der Waals surface area (Å²) in [5, 5.41) is 144. The van der Waals surface area contributed by atoms with Gasteiger partial charge in [-0.3, -0.25) is 4.18 Å². The fraction of sp³-hybridized carbons (Fsp3) is 1.00. The Morgan fingerprint density at radius 1 is 0.692 bits per heavy atom. The van der Waals surface area contributed by atoms with Gasteiger partial charge < -0.3 is 40.3 Å². The molecule has 0 aromatic carbocycles. The van der Waals surface area contributed by atoms with Crippen molar-refractivity contribution in [2.75, 3.05) is 31.3 Å². The molecule has 0 radical (unpaired) electrons. The molecule has 2 aliphatic heterocycles. The zero-order chi connectivity index (χ0) is 40.5. The van der Waals surface area contributed by atoms with Gasteiger partial charge in [0.2, 0.25) is 10.4 Å². The van der Waals surface area contributed by atoms with Gasteiger partial charge >= 0.3 is 154 Å². The predicted octanol–water partition coefficient (Wildman–Crippen LogP) is -9.74. The van der Waals surface area contributed by atoms with E-state index in [1.807, 2.05) is 0 Å². The van der Waals surface area contributed by atoms with Crippen molar-refractivity contribution in [3.63, 3.8) is 0 Å². The van der Waals surface area contributed by atoms with Crippen molar-refractivity contribution in [1.82, 2.24) is 0 Å². The summed E-state index contributed by atoms with van der Waals surface area (Å²) in [7, 11) is -11.8. The summed E-state index contributed by atoms with van der Waals surface area (Å²) in [5.74, 6) is -0.396. The van der Waals surface area contributed by atoms with Gasteiger partial charge in [0.05, 0.1) is 12.7 Å². The Morgan fingerprint density at radius 3 is 1.62 bits per heavy atom. The first-order valence-electron chi connectivity index (χ1n) is 15.5. The monoisotopic (exact) mass is 894 g/mol. The van der Waals surface area contributed by atoms with Crippen LogP contribution in [0.25, 0.3) is 0 Å². The van der Waals surface area contributed by atoms with E-state index in [4.69, 9.17) is 15.3 Å². The topological polar surface area (TPSA) is 436 Å². The maximum atomic E-state index is 10.9. The summed E-state index contributed by atoms with van der Waals surface area (Å²) >= 11 is -2.28. The van der Waals surface area contributed by atoms with E-state index >= 15 is 0 Å². The minimum atomic E-state index is -5.38. The molecule has 0 amide bonds. The number of aliphatic hydroxyl groups excluding tert-OH is 15. The molecule has 2 saturated heterocycles. The number of hydrogen-bond donors (Lipinski definition) is 15. The first-order valence-corrected chi connectivity index (χ1v) is 23.2. The van der Waals surface area contributed by atoms with Crippen molar-refractivity contribution in [1.29, 1.82) is 0 Å². The number of aliphatic hydroxyl groups is 15. The second kappa shape index (κ2) is 22.1. The van der Waals surface area contributed by atoms with E-state index in [-0.39, 0.29) is 28.6 Å². The Bertz CT molecular complexity index is 1160. The van der Waals surface area contributed by atoms with Gasteiger partial charge in [-0.25, -0.2) is 8.42 Å². The Hall–Kier alpha value is 0.00948. The van der Waals surface area contributed by atoms with E-state index in [1.54, 1.807) is 0 Å². The van der Waals surface area contributed by atoms with Crippen LogP contribution in [0.3, 0.4) is 0 Å². The molecule has 18 atom stereocenters. The first kappa shape index (κ1) is 50.0. The molecule has 2 unspecified atom stereocenters. The normalized spacial score (nSPS) is 32.8. The zero-order valence-electron chi connectivity index (χ0n) is 27.5. The Morgan fingerprint density at radius 2 is 1.17 bits per heavy atom. The minimum absolute atomic E-state index is 0.00452. The summed E-state index contributed by atoms with van der Waals surface area (Å²) in [4.78, 5) is -0.950. The van der Waals surface area contributed by atoms with Gasteiger partial charge in [0.15, 0.2) is 5.25 Å². The molecule has 312 valence electrons. The molecule has 0 saturated carbocycles. The van der Waals surface area contributed by atoms with Crippen LogP contribution in [0.15, 0.2) is 0 Å². The van der Waals surface area contributed by atoms with Crippen molar-refractivity contribution >= 4 is 45.6 Å². The van der Waals surface area contributed by atoms with Crippen LogP contribution in [0.5, 0.6) is 0 Å². The summed E-state index contributed by atoms with van der Waals surface area (Å²) in [6.07, 6.45) is -23.1. The molecule has 23 nitrogen and oxygen atoms in total. The Balaban J connectivity index is 0.000000520. The fourth-order valence-corrected chi connectivity index (χ4v) is 15.7. The van der Waals surface area contributed by atoms with Gasteiger partial charge in [-0.2, -0.15) is 0 Å². The van der Waals surface area contributed by atoms with Crippen LogP contribution in [-0.2, 0) is 40.1 Å². The molecular formula is C25H50O23S3Se. The average molecular weight is 894 g/mol.